The minimum Gasteiger partial charge on any atom is -0.454 e. The van der Waals surface area contributed by atoms with Gasteiger partial charge >= 0.3 is 0 Å². The molecule has 0 atom stereocenters. The number of nitrogens with one attached hydrogen (secondary N) is 1. The Morgan fingerprint density at radius 2 is 2.20 bits per heavy atom. The molecule has 2 aromatic heterocycles. The number of hydrogen-bond acceptors (Lipinski definition) is 8. The van der Waals surface area contributed by atoms with Gasteiger partial charge in [0.1, 0.15) is 4.70 Å². The molecule has 8 nitrogen and oxygen atoms in total. The number of ether oxygens (including phenoxy) is 2. The monoisotopic (exact) mass is 442 g/mol. The second-order valence-electron chi connectivity index (χ2n) is 6.50. The van der Waals surface area contributed by atoms with Crippen molar-refractivity contribution < 1.29 is 14.3 Å². The lowest BCUT2D eigenvalue weighted by Gasteiger charge is -2.11. The van der Waals surface area contributed by atoms with Crippen molar-refractivity contribution in [1.29, 1.82) is 5.26 Å². The summed E-state index contributed by atoms with van der Waals surface area (Å²) in [5.41, 5.74) is 1.44. The van der Waals surface area contributed by atoms with Crippen LogP contribution in [0.4, 0.5) is 0 Å². The van der Waals surface area contributed by atoms with Gasteiger partial charge in [-0.25, -0.2) is 4.98 Å². The Balaban J connectivity index is 1.35. The van der Waals surface area contributed by atoms with E-state index in [0.29, 0.717) is 46.4 Å². The van der Waals surface area contributed by atoms with Crippen LogP contribution in [0.2, 0.25) is 0 Å². The van der Waals surface area contributed by atoms with Crippen LogP contribution < -0.4 is 20.3 Å². The predicted octanol–water partition coefficient (Wildman–Crippen LogP) is 2.90. The number of rotatable bonds is 8. The van der Waals surface area contributed by atoms with Gasteiger partial charge in [-0.3, -0.25) is 14.2 Å². The summed E-state index contributed by atoms with van der Waals surface area (Å²) in [5.74, 6) is 1.49. The van der Waals surface area contributed by atoms with Gasteiger partial charge in [-0.15, -0.1) is 11.3 Å². The summed E-state index contributed by atoms with van der Waals surface area (Å²) in [5, 5.41) is 14.1. The average molecular weight is 443 g/mol. The molecule has 1 aliphatic heterocycles. The fraction of sp³-hybridized carbons (Fsp3) is 0.300. The third kappa shape index (κ3) is 4.42. The van der Waals surface area contributed by atoms with Crippen molar-refractivity contribution in [2.24, 2.45) is 0 Å². The van der Waals surface area contributed by atoms with Gasteiger partial charge in [0.15, 0.2) is 16.7 Å². The Morgan fingerprint density at radius 1 is 1.33 bits per heavy atom. The van der Waals surface area contributed by atoms with Gasteiger partial charge in [0.05, 0.1) is 17.3 Å². The molecule has 10 heteroatoms. The van der Waals surface area contributed by atoms with Gasteiger partial charge in [0.2, 0.25) is 12.7 Å². The quantitative estimate of drug-likeness (QED) is 0.422. The highest BCUT2D eigenvalue weighted by Gasteiger charge is 2.15. The first-order valence-electron chi connectivity index (χ1n) is 9.28. The van der Waals surface area contributed by atoms with Gasteiger partial charge in [-0.1, -0.05) is 17.8 Å². The van der Waals surface area contributed by atoms with E-state index in [9.17, 15) is 9.59 Å². The molecule has 0 saturated heterocycles. The van der Waals surface area contributed by atoms with Crippen LogP contribution in [-0.4, -0.2) is 28.0 Å². The number of benzene rings is 1. The summed E-state index contributed by atoms with van der Waals surface area (Å²) in [7, 11) is 0. The number of thioether (sulfide) groups is 1. The molecule has 1 amide bonds. The van der Waals surface area contributed by atoms with Crippen molar-refractivity contribution in [2.75, 3.05) is 12.5 Å². The molecule has 0 unspecified atom stereocenters. The number of amides is 1. The molecular formula is C20H18N4O4S2. The largest absolute Gasteiger partial charge is 0.454 e. The zero-order valence-corrected chi connectivity index (χ0v) is 17.6. The van der Waals surface area contributed by atoms with Gasteiger partial charge in [0.25, 0.3) is 5.56 Å². The molecule has 0 bridgehead atoms. The van der Waals surface area contributed by atoms with Crippen LogP contribution in [0.1, 0.15) is 18.4 Å². The standard InChI is InChI=1S/C20H18N4O4S2/c21-6-9-30-20-23-14-5-8-29-18(14)19(26)24(20)7-1-2-17(25)22-11-13-3-4-15-16(10-13)28-12-27-15/h3-5,8,10H,1-2,7,9,11-12H2,(H,22,25). The lowest BCUT2D eigenvalue weighted by molar-refractivity contribution is -0.121. The van der Waals surface area contributed by atoms with Gasteiger partial charge in [0, 0.05) is 19.5 Å². The molecule has 154 valence electrons. The molecule has 0 spiro atoms. The van der Waals surface area contributed by atoms with Crippen LogP contribution in [-0.2, 0) is 17.9 Å². The van der Waals surface area contributed by atoms with Crippen molar-refractivity contribution in [3.8, 4) is 17.6 Å². The summed E-state index contributed by atoms with van der Waals surface area (Å²) in [6.07, 6.45) is 0.771. The molecule has 4 rings (SSSR count). The van der Waals surface area contributed by atoms with E-state index < -0.39 is 0 Å². The maximum absolute atomic E-state index is 12.8. The number of hydrogen-bond donors (Lipinski definition) is 1. The minimum absolute atomic E-state index is 0.0999. The second-order valence-corrected chi connectivity index (χ2v) is 8.36. The summed E-state index contributed by atoms with van der Waals surface area (Å²) in [6, 6.07) is 9.41. The maximum Gasteiger partial charge on any atom is 0.272 e. The molecular weight excluding hydrogens is 424 g/mol. The lowest BCUT2D eigenvalue weighted by atomic mass is 10.2. The highest BCUT2D eigenvalue weighted by atomic mass is 32.2. The summed E-state index contributed by atoms with van der Waals surface area (Å²) in [4.78, 5) is 29.5. The first-order valence-corrected chi connectivity index (χ1v) is 11.2. The molecule has 1 N–H and O–H groups in total. The van der Waals surface area contributed by atoms with Gasteiger partial charge in [-0.2, -0.15) is 5.26 Å². The number of carbonyl (C=O) groups is 1. The fourth-order valence-corrected chi connectivity index (χ4v) is 4.53. The Kier molecular flexibility index (Phi) is 6.21. The summed E-state index contributed by atoms with van der Waals surface area (Å²) in [6.45, 7) is 0.970. The van der Waals surface area contributed by atoms with E-state index in [1.807, 2.05) is 23.6 Å². The number of fused-ring (bicyclic) bond motifs is 2. The van der Waals surface area contributed by atoms with Crippen molar-refractivity contribution in [1.82, 2.24) is 14.9 Å². The first kappa shape index (κ1) is 20.3. The molecule has 0 saturated carbocycles. The SMILES string of the molecule is N#CCSc1nc2ccsc2c(=O)n1CCCC(=O)NCc1ccc2c(c1)OCO2. The van der Waals surface area contributed by atoms with Gasteiger partial charge in [-0.05, 0) is 35.6 Å². The minimum atomic E-state index is -0.129. The number of carbonyl (C=O) groups excluding carboxylic acids is 1. The van der Waals surface area contributed by atoms with Crippen molar-refractivity contribution >= 4 is 39.2 Å². The predicted molar refractivity (Wildman–Crippen MR) is 114 cm³/mol. The van der Waals surface area contributed by atoms with Crippen LogP contribution in [0, 0.1) is 11.3 Å². The number of nitriles is 1. The molecule has 1 aliphatic rings. The summed E-state index contributed by atoms with van der Waals surface area (Å²) >= 11 is 2.57. The average Bonchev–Trinajstić information content (AvgIpc) is 3.41. The van der Waals surface area contributed by atoms with Crippen molar-refractivity contribution in [3.63, 3.8) is 0 Å². The van der Waals surface area contributed by atoms with Crippen LogP contribution in [0.5, 0.6) is 11.5 Å². The van der Waals surface area contributed by atoms with E-state index in [-0.39, 0.29) is 30.4 Å². The van der Waals surface area contributed by atoms with E-state index in [4.69, 9.17) is 14.7 Å². The van der Waals surface area contributed by atoms with Crippen LogP contribution in [0.25, 0.3) is 10.2 Å². The third-order valence-corrected chi connectivity index (χ3v) is 6.24. The Labute approximate surface area is 180 Å². The lowest BCUT2D eigenvalue weighted by Crippen LogP contribution is -2.25. The third-order valence-electron chi connectivity index (χ3n) is 4.51. The Hall–Kier alpha value is -3.03. The molecule has 0 aliphatic carbocycles. The second kappa shape index (κ2) is 9.19. The number of nitrogens with zero attached hydrogens (tertiary/aromatic N) is 3. The van der Waals surface area contributed by atoms with Crippen LogP contribution in [0.3, 0.4) is 0 Å². The topological polar surface area (TPSA) is 106 Å². The fourth-order valence-electron chi connectivity index (χ4n) is 3.07. The zero-order valence-electron chi connectivity index (χ0n) is 15.9. The molecule has 1 aromatic carbocycles. The van der Waals surface area contributed by atoms with E-state index in [0.717, 1.165) is 5.56 Å². The van der Waals surface area contributed by atoms with Crippen molar-refractivity contribution in [2.45, 2.75) is 31.1 Å². The first-order chi connectivity index (χ1) is 14.7. The zero-order chi connectivity index (χ0) is 20.9. The van der Waals surface area contributed by atoms with Gasteiger partial charge < -0.3 is 14.8 Å². The van der Waals surface area contributed by atoms with Crippen LogP contribution in [0.15, 0.2) is 39.6 Å². The Morgan fingerprint density at radius 3 is 3.07 bits per heavy atom. The van der Waals surface area contributed by atoms with Crippen molar-refractivity contribution in [3.05, 3.63) is 45.6 Å². The molecule has 0 fully saturated rings. The highest BCUT2D eigenvalue weighted by molar-refractivity contribution is 7.99. The normalized spacial score (nSPS) is 12.1. The van der Waals surface area contributed by atoms with E-state index in [2.05, 4.69) is 16.4 Å². The van der Waals surface area contributed by atoms with E-state index in [1.54, 1.807) is 10.6 Å². The Bertz CT molecular complexity index is 1180. The molecule has 3 heterocycles. The summed E-state index contributed by atoms with van der Waals surface area (Å²) < 4.78 is 12.8. The highest BCUT2D eigenvalue weighted by Crippen LogP contribution is 2.32. The van der Waals surface area contributed by atoms with E-state index in [1.165, 1.54) is 23.1 Å². The van der Waals surface area contributed by atoms with Crippen LogP contribution >= 0.6 is 23.1 Å². The molecule has 0 radical (unpaired) electrons. The molecule has 3 aromatic rings. The smallest absolute Gasteiger partial charge is 0.272 e. The van der Waals surface area contributed by atoms with E-state index >= 15 is 0 Å². The molecule has 30 heavy (non-hydrogen) atoms. The number of thiophene rings is 1. The number of aromatic nitrogens is 2. The maximum atomic E-state index is 12.8.